The minimum absolute atomic E-state index is 0.0756. The van der Waals surface area contributed by atoms with Crippen molar-refractivity contribution < 1.29 is 14.3 Å². The smallest absolute Gasteiger partial charge is 0.261 e. The van der Waals surface area contributed by atoms with Gasteiger partial charge in [0.25, 0.3) is 5.91 Å². The van der Waals surface area contributed by atoms with E-state index in [4.69, 9.17) is 11.6 Å². The van der Waals surface area contributed by atoms with Gasteiger partial charge in [0.05, 0.1) is 11.9 Å². The Hall–Kier alpha value is -2.74. The summed E-state index contributed by atoms with van der Waals surface area (Å²) < 4.78 is 12.9. The van der Waals surface area contributed by atoms with Gasteiger partial charge in [-0.1, -0.05) is 11.6 Å². The fourth-order valence-electron chi connectivity index (χ4n) is 1.72. The molecule has 7 nitrogen and oxygen atoms in total. The van der Waals surface area contributed by atoms with Crippen LogP contribution in [0.4, 0.5) is 10.3 Å². The molecule has 0 fully saturated rings. The van der Waals surface area contributed by atoms with Crippen molar-refractivity contribution in [1.29, 1.82) is 0 Å². The van der Waals surface area contributed by atoms with Crippen molar-refractivity contribution in [3.05, 3.63) is 41.1 Å². The van der Waals surface area contributed by atoms with Crippen molar-refractivity contribution in [2.24, 2.45) is 0 Å². The molecule has 1 amide bonds. The molecule has 1 aromatic carbocycles. The van der Waals surface area contributed by atoms with Crippen molar-refractivity contribution in [3.63, 3.8) is 0 Å². The number of hydrogen-bond acceptors (Lipinski definition) is 5. The molecule has 0 radical (unpaired) electrons. The molecule has 0 aliphatic heterocycles. The number of nitrogens with zero attached hydrogens (tertiary/aromatic N) is 3. The number of halogens is 2. The zero-order chi connectivity index (χ0) is 15.0. The number of phenolic OH excluding ortho intramolecular Hbond substituents is 1. The molecule has 3 aromatic rings. The molecule has 21 heavy (non-hydrogen) atoms. The van der Waals surface area contributed by atoms with E-state index in [1.54, 1.807) is 0 Å². The molecular formula is C12H7ClFN5O2. The van der Waals surface area contributed by atoms with E-state index < -0.39 is 17.5 Å². The summed E-state index contributed by atoms with van der Waals surface area (Å²) >= 11 is 5.91. The number of H-pyrrole nitrogens is 1. The van der Waals surface area contributed by atoms with Crippen LogP contribution in [0.1, 0.15) is 10.4 Å². The van der Waals surface area contributed by atoms with Gasteiger partial charge in [-0.15, -0.1) is 0 Å². The topological polar surface area (TPSA) is 104 Å². The van der Waals surface area contributed by atoms with E-state index in [-0.39, 0.29) is 22.3 Å². The molecule has 9 heteroatoms. The molecule has 2 heterocycles. The quantitative estimate of drug-likeness (QED) is 0.629. The van der Waals surface area contributed by atoms with Gasteiger partial charge in [0.2, 0.25) is 5.95 Å². The van der Waals surface area contributed by atoms with Gasteiger partial charge >= 0.3 is 0 Å². The van der Waals surface area contributed by atoms with E-state index in [0.717, 1.165) is 18.2 Å². The van der Waals surface area contributed by atoms with Crippen LogP contribution < -0.4 is 5.32 Å². The molecule has 106 valence electrons. The second-order valence-electron chi connectivity index (χ2n) is 4.05. The fourth-order valence-corrected chi connectivity index (χ4v) is 1.94. The largest absolute Gasteiger partial charge is 0.507 e. The minimum atomic E-state index is -0.696. The van der Waals surface area contributed by atoms with Gasteiger partial charge in [-0.3, -0.25) is 10.1 Å². The summed E-state index contributed by atoms with van der Waals surface area (Å²) in [5.74, 6) is -1.91. The molecule has 0 aliphatic carbocycles. The number of aromatic nitrogens is 4. The number of hydrogen-bond donors (Lipinski definition) is 3. The number of fused-ring (bicyclic) bond motifs is 1. The summed E-state index contributed by atoms with van der Waals surface area (Å²) in [4.78, 5) is 26.5. The first-order valence-corrected chi connectivity index (χ1v) is 6.09. The Morgan fingerprint density at radius 2 is 2.19 bits per heavy atom. The Bertz CT molecular complexity index is 851. The van der Waals surface area contributed by atoms with Crippen LogP contribution >= 0.6 is 11.6 Å². The van der Waals surface area contributed by atoms with E-state index >= 15 is 0 Å². The standard InChI is InChI=1S/C12H7ClFN5O2/c13-9-8-10(16-4-15-8)18-12(17-9)19-11(21)6-2-1-5(14)3-7(6)20/h1-4,20H,(H2,15,16,17,18,19,21). The zero-order valence-electron chi connectivity index (χ0n) is 10.3. The first kappa shape index (κ1) is 13.3. The molecule has 3 N–H and O–H groups in total. The third-order valence-electron chi connectivity index (χ3n) is 2.67. The van der Waals surface area contributed by atoms with Crippen LogP contribution in [0, 0.1) is 5.82 Å². The lowest BCUT2D eigenvalue weighted by molar-refractivity contribution is 0.102. The number of carbonyl (C=O) groups excluding carboxylic acids is 1. The third kappa shape index (κ3) is 2.48. The molecular weight excluding hydrogens is 301 g/mol. The van der Waals surface area contributed by atoms with Crippen molar-refractivity contribution >= 4 is 34.6 Å². The lowest BCUT2D eigenvalue weighted by atomic mass is 10.2. The highest BCUT2D eigenvalue weighted by Gasteiger charge is 2.15. The number of phenols is 1. The van der Waals surface area contributed by atoms with Gasteiger partial charge < -0.3 is 10.1 Å². The van der Waals surface area contributed by atoms with E-state index in [1.165, 1.54) is 6.33 Å². The molecule has 0 saturated carbocycles. The molecule has 2 aromatic heterocycles. The van der Waals surface area contributed by atoms with Gasteiger partial charge in [-0.25, -0.2) is 9.37 Å². The van der Waals surface area contributed by atoms with Crippen LogP contribution in [-0.2, 0) is 0 Å². The lowest BCUT2D eigenvalue weighted by Crippen LogP contribution is -2.14. The van der Waals surface area contributed by atoms with Crippen LogP contribution in [0.5, 0.6) is 5.75 Å². The number of nitrogens with one attached hydrogen (secondary N) is 2. The van der Waals surface area contributed by atoms with E-state index in [1.807, 2.05) is 0 Å². The van der Waals surface area contributed by atoms with Gasteiger partial charge in [-0.05, 0) is 12.1 Å². The summed E-state index contributed by atoms with van der Waals surface area (Å²) in [5.41, 5.74) is 0.617. The normalized spacial score (nSPS) is 10.8. The Labute approximate surface area is 121 Å². The average Bonchev–Trinajstić information content (AvgIpc) is 2.87. The summed E-state index contributed by atoms with van der Waals surface area (Å²) in [6.45, 7) is 0. The highest BCUT2D eigenvalue weighted by molar-refractivity contribution is 6.33. The highest BCUT2D eigenvalue weighted by atomic mass is 35.5. The maximum absolute atomic E-state index is 12.9. The SMILES string of the molecule is O=C(Nc1nc(Cl)c2[nH]cnc2n1)c1ccc(F)cc1O. The molecule has 0 saturated heterocycles. The van der Waals surface area contributed by atoms with Crippen molar-refractivity contribution in [2.45, 2.75) is 0 Å². The lowest BCUT2D eigenvalue weighted by Gasteiger charge is -2.06. The Morgan fingerprint density at radius 3 is 2.95 bits per heavy atom. The molecule has 0 unspecified atom stereocenters. The fraction of sp³-hybridized carbons (Fsp3) is 0. The van der Waals surface area contributed by atoms with Crippen LogP contribution in [-0.4, -0.2) is 30.9 Å². The highest BCUT2D eigenvalue weighted by Crippen LogP contribution is 2.21. The number of carbonyl (C=O) groups is 1. The number of imidazole rings is 1. The second kappa shape index (κ2) is 4.98. The number of amides is 1. The zero-order valence-corrected chi connectivity index (χ0v) is 11.0. The molecule has 0 aliphatic rings. The molecule has 3 rings (SSSR count). The van der Waals surface area contributed by atoms with Crippen molar-refractivity contribution in [1.82, 2.24) is 19.9 Å². The Kier molecular flexibility index (Phi) is 3.15. The van der Waals surface area contributed by atoms with Gasteiger partial charge in [-0.2, -0.15) is 9.97 Å². The van der Waals surface area contributed by atoms with Crippen LogP contribution in [0.3, 0.4) is 0 Å². The van der Waals surface area contributed by atoms with Gasteiger partial charge in [0.1, 0.15) is 17.1 Å². The molecule has 0 bridgehead atoms. The maximum Gasteiger partial charge on any atom is 0.261 e. The summed E-state index contributed by atoms with van der Waals surface area (Å²) in [7, 11) is 0. The van der Waals surface area contributed by atoms with E-state index in [2.05, 4.69) is 25.3 Å². The van der Waals surface area contributed by atoms with Gasteiger partial charge in [0, 0.05) is 6.07 Å². The van der Waals surface area contributed by atoms with Crippen LogP contribution in [0.25, 0.3) is 11.2 Å². The number of aromatic amines is 1. The number of benzene rings is 1. The second-order valence-corrected chi connectivity index (χ2v) is 4.41. The van der Waals surface area contributed by atoms with E-state index in [9.17, 15) is 14.3 Å². The van der Waals surface area contributed by atoms with Crippen molar-refractivity contribution in [3.8, 4) is 5.75 Å². The monoisotopic (exact) mass is 307 g/mol. The maximum atomic E-state index is 12.9. The van der Waals surface area contributed by atoms with E-state index in [0.29, 0.717) is 5.52 Å². The predicted octanol–water partition coefficient (Wildman–Crippen LogP) is 2.10. The van der Waals surface area contributed by atoms with Crippen LogP contribution in [0.2, 0.25) is 5.15 Å². The summed E-state index contributed by atoms with van der Waals surface area (Å²) in [6.07, 6.45) is 1.39. The third-order valence-corrected chi connectivity index (χ3v) is 2.94. The molecule has 0 spiro atoms. The Morgan fingerprint density at radius 1 is 1.38 bits per heavy atom. The summed E-state index contributed by atoms with van der Waals surface area (Å²) in [6, 6.07) is 3.04. The summed E-state index contributed by atoms with van der Waals surface area (Å²) in [5, 5.41) is 12.0. The predicted molar refractivity (Wildman–Crippen MR) is 72.7 cm³/mol. The number of rotatable bonds is 2. The minimum Gasteiger partial charge on any atom is -0.507 e. The molecule has 0 atom stereocenters. The average molecular weight is 308 g/mol. The number of aromatic hydroxyl groups is 1. The van der Waals surface area contributed by atoms with Crippen LogP contribution in [0.15, 0.2) is 24.5 Å². The first-order valence-electron chi connectivity index (χ1n) is 5.71. The van der Waals surface area contributed by atoms with Crippen molar-refractivity contribution in [2.75, 3.05) is 5.32 Å². The first-order chi connectivity index (χ1) is 10.0. The Balaban J connectivity index is 1.92. The number of anilines is 1. The van der Waals surface area contributed by atoms with Gasteiger partial charge in [0.15, 0.2) is 10.8 Å².